The molecule has 1 aromatic heterocycles. The lowest BCUT2D eigenvalue weighted by Crippen LogP contribution is -2.01. The van der Waals surface area contributed by atoms with Gasteiger partial charge in [-0.2, -0.15) is 0 Å². The van der Waals surface area contributed by atoms with Gasteiger partial charge in [0, 0.05) is 23.9 Å². The molecule has 162 valence electrons. The van der Waals surface area contributed by atoms with Crippen LogP contribution in [0.3, 0.4) is 0 Å². The summed E-state index contributed by atoms with van der Waals surface area (Å²) in [5, 5.41) is 9.31. The zero-order chi connectivity index (χ0) is 22.5. The molecule has 0 aliphatic rings. The number of hydrogen-bond donors (Lipinski definition) is 1. The molecule has 5 nitrogen and oxygen atoms in total. The average Bonchev–Trinajstić information content (AvgIpc) is 2.73. The number of benzene rings is 2. The Bertz CT molecular complexity index is 1090. The van der Waals surface area contributed by atoms with Crippen LogP contribution >= 0.6 is 0 Å². The van der Waals surface area contributed by atoms with Gasteiger partial charge in [-0.1, -0.05) is 19.1 Å². The van der Waals surface area contributed by atoms with Crippen molar-refractivity contribution in [2.45, 2.75) is 26.9 Å². The molecule has 0 saturated carbocycles. The van der Waals surface area contributed by atoms with Crippen molar-refractivity contribution in [3.8, 4) is 28.1 Å². The molecule has 0 bridgehead atoms. The Kier molecular flexibility index (Phi) is 6.97. The van der Waals surface area contributed by atoms with Gasteiger partial charge in [-0.25, -0.2) is 13.6 Å². The Balaban J connectivity index is 2.16. The number of hydrogen-bond acceptors (Lipinski definition) is 4. The van der Waals surface area contributed by atoms with Gasteiger partial charge in [0.1, 0.15) is 0 Å². The highest BCUT2D eigenvalue weighted by atomic mass is 19.1. The predicted molar refractivity (Wildman–Crippen MR) is 113 cm³/mol. The summed E-state index contributed by atoms with van der Waals surface area (Å²) in [6, 6.07) is 9.05. The van der Waals surface area contributed by atoms with Crippen LogP contribution in [0.2, 0.25) is 0 Å². The quantitative estimate of drug-likeness (QED) is 0.472. The van der Waals surface area contributed by atoms with E-state index in [-0.39, 0.29) is 11.1 Å². The summed E-state index contributed by atoms with van der Waals surface area (Å²) in [5.74, 6) is -3.16. The zero-order valence-corrected chi connectivity index (χ0v) is 17.5. The maximum atomic E-state index is 14.3. The molecule has 2 aromatic carbocycles. The second-order valence-electron chi connectivity index (χ2n) is 7.10. The van der Waals surface area contributed by atoms with Crippen molar-refractivity contribution in [3.05, 3.63) is 70.9 Å². The molecule has 0 radical (unpaired) electrons. The highest BCUT2D eigenvalue weighted by Crippen LogP contribution is 2.35. The summed E-state index contributed by atoms with van der Waals surface area (Å²) in [5.41, 5.74) is 3.44. The molecule has 1 heterocycles. The van der Waals surface area contributed by atoms with Crippen molar-refractivity contribution < 1.29 is 28.2 Å². The summed E-state index contributed by atoms with van der Waals surface area (Å²) in [4.78, 5) is 15.8. The number of carbonyl (C=O) groups is 1. The molecule has 0 unspecified atom stereocenters. The molecule has 3 aromatic rings. The summed E-state index contributed by atoms with van der Waals surface area (Å²) in [7, 11) is 1.20. The van der Waals surface area contributed by atoms with Gasteiger partial charge in [-0.15, -0.1) is 0 Å². The largest absolute Gasteiger partial charge is 0.491 e. The number of methoxy groups -OCH3 is 1. The monoisotopic (exact) mass is 427 g/mol. The molecule has 1 N–H and O–H groups in total. The maximum absolute atomic E-state index is 14.3. The molecule has 0 aliphatic heterocycles. The molecule has 0 aliphatic carbocycles. The fraction of sp³-hybridized carbons (Fsp3) is 0.250. The molecule has 3 rings (SSSR count). The number of pyridine rings is 1. The van der Waals surface area contributed by atoms with E-state index in [4.69, 9.17) is 9.47 Å². The first-order valence-corrected chi connectivity index (χ1v) is 9.80. The van der Waals surface area contributed by atoms with Gasteiger partial charge >= 0.3 is 5.97 Å². The number of carboxylic acid groups (broad SMARTS) is 1. The van der Waals surface area contributed by atoms with E-state index in [0.717, 1.165) is 12.0 Å². The van der Waals surface area contributed by atoms with Crippen molar-refractivity contribution in [1.82, 2.24) is 4.98 Å². The smallest absolute Gasteiger partial charge is 0.335 e. The standard InChI is InChI=1S/C24H23F2NO4/c1-4-7-31-13-15-9-19(16-5-6-18(24(28)29)14(2)8-16)22(27-12-15)17-10-20(25)23(30-3)21(26)11-17/h5-6,8-12H,4,7,13H2,1-3H3,(H,28,29). The molecule has 0 amide bonds. The molecule has 0 fully saturated rings. The van der Waals surface area contributed by atoms with Crippen molar-refractivity contribution in [3.63, 3.8) is 0 Å². The molecule has 7 heteroatoms. The van der Waals surface area contributed by atoms with Crippen LogP contribution < -0.4 is 4.74 Å². The molecule has 31 heavy (non-hydrogen) atoms. The van der Waals surface area contributed by atoms with Crippen LogP contribution in [0.4, 0.5) is 8.78 Å². The third kappa shape index (κ3) is 4.88. The van der Waals surface area contributed by atoms with E-state index >= 15 is 0 Å². The van der Waals surface area contributed by atoms with Gasteiger partial charge in [0.2, 0.25) is 0 Å². The lowest BCUT2D eigenvalue weighted by molar-refractivity contribution is 0.0696. The van der Waals surface area contributed by atoms with E-state index in [1.807, 2.05) is 13.0 Å². The molecular formula is C24H23F2NO4. The topological polar surface area (TPSA) is 68.7 Å². The second kappa shape index (κ2) is 9.66. The highest BCUT2D eigenvalue weighted by Gasteiger charge is 2.18. The van der Waals surface area contributed by atoms with E-state index in [2.05, 4.69) is 4.98 Å². The fourth-order valence-electron chi connectivity index (χ4n) is 3.33. The van der Waals surface area contributed by atoms with Crippen molar-refractivity contribution in [2.24, 2.45) is 0 Å². The number of aryl methyl sites for hydroxylation is 1. The van der Waals surface area contributed by atoms with Gasteiger partial charge in [0.05, 0.1) is 25.0 Å². The lowest BCUT2D eigenvalue weighted by atomic mass is 9.95. The predicted octanol–water partition coefficient (Wildman–Crippen LogP) is 5.64. The number of ether oxygens (including phenoxy) is 2. The summed E-state index contributed by atoms with van der Waals surface area (Å²) < 4.78 is 39.0. The number of aromatic carboxylic acids is 1. The summed E-state index contributed by atoms with van der Waals surface area (Å²) in [6.07, 6.45) is 2.48. The maximum Gasteiger partial charge on any atom is 0.335 e. The highest BCUT2D eigenvalue weighted by molar-refractivity contribution is 5.91. The molecule has 0 saturated heterocycles. The first-order chi connectivity index (χ1) is 14.8. The number of halogens is 2. The molecule has 0 spiro atoms. The van der Waals surface area contributed by atoms with Crippen LogP contribution in [0.5, 0.6) is 5.75 Å². The second-order valence-corrected chi connectivity index (χ2v) is 7.10. The van der Waals surface area contributed by atoms with Gasteiger partial charge < -0.3 is 14.6 Å². The lowest BCUT2D eigenvalue weighted by Gasteiger charge is -2.14. The normalized spacial score (nSPS) is 10.9. The van der Waals surface area contributed by atoms with Gasteiger partial charge in [-0.3, -0.25) is 4.98 Å². The van der Waals surface area contributed by atoms with Crippen molar-refractivity contribution in [2.75, 3.05) is 13.7 Å². The SMILES string of the molecule is CCCOCc1cnc(-c2cc(F)c(OC)c(F)c2)c(-c2ccc(C(=O)O)c(C)c2)c1. The minimum absolute atomic E-state index is 0.183. The summed E-state index contributed by atoms with van der Waals surface area (Å²) in [6.45, 7) is 4.64. The van der Waals surface area contributed by atoms with Gasteiger partial charge in [0.15, 0.2) is 17.4 Å². The number of rotatable bonds is 8. The van der Waals surface area contributed by atoms with E-state index in [1.54, 1.807) is 25.3 Å². The average molecular weight is 427 g/mol. The van der Waals surface area contributed by atoms with Gasteiger partial charge in [-0.05, 0) is 54.3 Å². The van der Waals surface area contributed by atoms with Crippen LogP contribution in [0.1, 0.15) is 34.8 Å². The Labute approximate surface area is 179 Å². The minimum atomic E-state index is -1.02. The van der Waals surface area contributed by atoms with E-state index < -0.39 is 23.4 Å². The zero-order valence-electron chi connectivity index (χ0n) is 17.5. The van der Waals surface area contributed by atoms with Crippen LogP contribution in [0.25, 0.3) is 22.4 Å². The van der Waals surface area contributed by atoms with Crippen molar-refractivity contribution in [1.29, 1.82) is 0 Å². The number of aromatic nitrogens is 1. The first kappa shape index (κ1) is 22.4. The minimum Gasteiger partial charge on any atom is -0.491 e. The third-order valence-corrected chi connectivity index (χ3v) is 4.81. The summed E-state index contributed by atoms with van der Waals surface area (Å²) >= 11 is 0. The van der Waals surface area contributed by atoms with Gasteiger partial charge in [0.25, 0.3) is 0 Å². The van der Waals surface area contributed by atoms with Crippen LogP contribution in [0, 0.1) is 18.6 Å². The van der Waals surface area contributed by atoms with E-state index in [1.165, 1.54) is 25.3 Å². The Hall–Kier alpha value is -3.32. The molecular weight excluding hydrogens is 404 g/mol. The Morgan fingerprint density at radius 3 is 2.39 bits per heavy atom. The molecule has 0 atom stereocenters. The van der Waals surface area contributed by atoms with E-state index in [9.17, 15) is 18.7 Å². The van der Waals surface area contributed by atoms with Crippen LogP contribution in [-0.2, 0) is 11.3 Å². The fourth-order valence-corrected chi connectivity index (χ4v) is 3.33. The van der Waals surface area contributed by atoms with Crippen molar-refractivity contribution >= 4 is 5.97 Å². The van der Waals surface area contributed by atoms with Crippen LogP contribution in [0.15, 0.2) is 42.6 Å². The number of nitrogens with zero attached hydrogens (tertiary/aromatic N) is 1. The Morgan fingerprint density at radius 1 is 1.10 bits per heavy atom. The van der Waals surface area contributed by atoms with E-state index in [0.29, 0.717) is 35.6 Å². The first-order valence-electron chi connectivity index (χ1n) is 9.80. The number of carboxylic acids is 1. The van der Waals surface area contributed by atoms with Crippen LogP contribution in [-0.4, -0.2) is 29.8 Å². The third-order valence-electron chi connectivity index (χ3n) is 4.81. The Morgan fingerprint density at radius 2 is 1.81 bits per heavy atom.